The highest BCUT2D eigenvalue weighted by Gasteiger charge is 2.52. The highest BCUT2D eigenvalue weighted by atomic mass is 32.2. The number of carbonyl (C=O) groups is 3. The second-order valence-corrected chi connectivity index (χ2v) is 13.1. The van der Waals surface area contributed by atoms with Gasteiger partial charge < -0.3 is 30.5 Å². The largest absolute Gasteiger partial charge is 0.457 e. The van der Waals surface area contributed by atoms with E-state index in [0.29, 0.717) is 35.9 Å². The Morgan fingerprint density at radius 3 is 2.70 bits per heavy atom. The van der Waals surface area contributed by atoms with Gasteiger partial charge in [-0.1, -0.05) is 30.0 Å². The van der Waals surface area contributed by atoms with E-state index < -0.39 is 0 Å². The number of amides is 4. The van der Waals surface area contributed by atoms with Gasteiger partial charge in [0.25, 0.3) is 5.91 Å². The van der Waals surface area contributed by atoms with E-state index in [1.807, 2.05) is 84.2 Å². The SMILES string of the molecule is Cc1cc(Oc2ccccc2)ccc1N1C(=O)NC2=C(C(=O)N[C@@H]3CCCN(C(=O)CCN(C)C)C3)SC3NCCC1C23. The quantitative estimate of drug-likeness (QED) is 0.423. The van der Waals surface area contributed by atoms with Crippen molar-refractivity contribution in [1.29, 1.82) is 0 Å². The molecule has 3 fully saturated rings. The van der Waals surface area contributed by atoms with Crippen molar-refractivity contribution in [3.63, 3.8) is 0 Å². The molecule has 0 aromatic heterocycles. The first-order chi connectivity index (χ1) is 20.8. The van der Waals surface area contributed by atoms with Crippen LogP contribution in [0.1, 0.15) is 31.2 Å². The van der Waals surface area contributed by atoms with Gasteiger partial charge in [0.15, 0.2) is 0 Å². The minimum atomic E-state index is -0.222. The maximum Gasteiger partial charge on any atom is 0.326 e. The normalized spacial score (nSPS) is 25.0. The molecule has 0 spiro atoms. The Kier molecular flexibility index (Phi) is 8.65. The summed E-state index contributed by atoms with van der Waals surface area (Å²) >= 11 is 1.50. The Morgan fingerprint density at radius 2 is 1.93 bits per heavy atom. The smallest absolute Gasteiger partial charge is 0.326 e. The molecule has 43 heavy (non-hydrogen) atoms. The number of piperidine rings is 2. The number of urea groups is 1. The van der Waals surface area contributed by atoms with Crippen molar-refractivity contribution in [1.82, 2.24) is 25.8 Å². The molecule has 4 aliphatic rings. The van der Waals surface area contributed by atoms with Crippen LogP contribution in [0.25, 0.3) is 0 Å². The van der Waals surface area contributed by atoms with Crippen LogP contribution in [0, 0.1) is 12.8 Å². The third-order valence-electron chi connectivity index (χ3n) is 8.64. The number of hydrogen-bond donors (Lipinski definition) is 3. The second kappa shape index (κ2) is 12.6. The van der Waals surface area contributed by atoms with Gasteiger partial charge in [-0.2, -0.15) is 0 Å². The van der Waals surface area contributed by atoms with Crippen molar-refractivity contribution < 1.29 is 19.1 Å². The Balaban J connectivity index is 1.17. The van der Waals surface area contributed by atoms with Crippen LogP contribution >= 0.6 is 11.8 Å². The zero-order valence-corrected chi connectivity index (χ0v) is 25.8. The highest BCUT2D eigenvalue weighted by molar-refractivity contribution is 8.04. The number of nitrogens with zero attached hydrogens (tertiary/aromatic N) is 3. The number of para-hydroxylation sites is 1. The Labute approximate surface area is 257 Å². The summed E-state index contributed by atoms with van der Waals surface area (Å²) < 4.78 is 6.02. The van der Waals surface area contributed by atoms with Crippen molar-refractivity contribution in [3.05, 3.63) is 64.7 Å². The van der Waals surface area contributed by atoms with E-state index in [1.54, 1.807) is 0 Å². The maximum absolute atomic E-state index is 13.7. The number of ether oxygens (including phenoxy) is 1. The Bertz CT molecular complexity index is 1420. The highest BCUT2D eigenvalue weighted by Crippen LogP contribution is 2.48. The van der Waals surface area contributed by atoms with Crippen LogP contribution in [0.5, 0.6) is 11.5 Å². The Morgan fingerprint density at radius 1 is 1.12 bits per heavy atom. The first-order valence-corrected chi connectivity index (χ1v) is 16.0. The van der Waals surface area contributed by atoms with Crippen molar-refractivity contribution >= 4 is 35.3 Å². The van der Waals surface area contributed by atoms with Gasteiger partial charge >= 0.3 is 6.03 Å². The molecule has 3 unspecified atom stereocenters. The fourth-order valence-corrected chi connectivity index (χ4v) is 7.94. The van der Waals surface area contributed by atoms with Crippen LogP contribution in [0.15, 0.2) is 59.1 Å². The number of aryl methyl sites for hydroxylation is 1. The summed E-state index contributed by atoms with van der Waals surface area (Å²) in [5.74, 6) is 1.39. The fraction of sp³-hybridized carbons (Fsp3) is 0.469. The molecule has 0 aliphatic carbocycles. The lowest BCUT2D eigenvalue weighted by Gasteiger charge is -2.46. The number of rotatable bonds is 8. The molecule has 3 N–H and O–H groups in total. The Hall–Kier alpha value is -3.54. The van der Waals surface area contributed by atoms with Gasteiger partial charge in [-0.15, -0.1) is 0 Å². The van der Waals surface area contributed by atoms with Crippen LogP contribution in [0.2, 0.25) is 0 Å². The third-order valence-corrected chi connectivity index (χ3v) is 9.99. The minimum Gasteiger partial charge on any atom is -0.457 e. The minimum absolute atomic E-state index is 0.00550. The van der Waals surface area contributed by atoms with Gasteiger partial charge in [0, 0.05) is 49.4 Å². The van der Waals surface area contributed by atoms with Gasteiger partial charge in [-0.05, 0) is 82.7 Å². The molecular formula is C32H40N6O4S. The van der Waals surface area contributed by atoms with E-state index in [0.717, 1.165) is 49.4 Å². The average Bonchev–Trinajstić information content (AvgIpc) is 3.37. The summed E-state index contributed by atoms with van der Waals surface area (Å²) in [6.07, 6.45) is 2.93. The molecule has 2 aromatic rings. The maximum atomic E-state index is 13.7. The lowest BCUT2D eigenvalue weighted by atomic mass is 9.86. The standard InChI is InChI=1S/C32H40N6O4S/c1-20-18-23(42-22-9-5-4-6-10-22)11-12-24(20)38-25-13-15-33-31-27(25)28(35-32(38)41)29(43-31)30(40)34-21-8-7-16-37(19-21)26(39)14-17-36(2)3/h4-6,9-12,18,21,25,27,31,33H,7-8,13-17,19H2,1-3H3,(H,34,40)(H,35,41)/t21-,25?,27?,31?/m1/s1. The molecule has 10 nitrogen and oxygen atoms in total. The molecule has 2 aromatic carbocycles. The number of hydrogen-bond acceptors (Lipinski definition) is 7. The van der Waals surface area contributed by atoms with E-state index in [4.69, 9.17) is 4.74 Å². The summed E-state index contributed by atoms with van der Waals surface area (Å²) in [6, 6.07) is 15.0. The molecular weight excluding hydrogens is 564 g/mol. The molecule has 4 atom stereocenters. The lowest BCUT2D eigenvalue weighted by molar-refractivity contribution is -0.133. The lowest BCUT2D eigenvalue weighted by Crippen LogP contribution is -2.62. The zero-order valence-electron chi connectivity index (χ0n) is 25.0. The molecule has 4 amide bonds. The van der Waals surface area contributed by atoms with Crippen LogP contribution in [0.4, 0.5) is 10.5 Å². The van der Waals surface area contributed by atoms with Gasteiger partial charge in [0.2, 0.25) is 5.91 Å². The molecule has 228 valence electrons. The molecule has 0 bridgehead atoms. The summed E-state index contributed by atoms with van der Waals surface area (Å²) in [7, 11) is 3.92. The van der Waals surface area contributed by atoms with E-state index in [2.05, 4.69) is 16.0 Å². The molecule has 0 saturated carbocycles. The summed E-state index contributed by atoms with van der Waals surface area (Å²) in [6.45, 7) is 4.69. The van der Waals surface area contributed by atoms with Crippen LogP contribution in [-0.2, 0) is 9.59 Å². The van der Waals surface area contributed by atoms with Gasteiger partial charge in [0.05, 0.1) is 16.3 Å². The topological polar surface area (TPSA) is 106 Å². The predicted molar refractivity (Wildman–Crippen MR) is 168 cm³/mol. The number of nitrogens with one attached hydrogen (secondary N) is 3. The second-order valence-electron chi connectivity index (χ2n) is 12.0. The molecule has 3 saturated heterocycles. The van der Waals surface area contributed by atoms with Crippen molar-refractivity contribution in [2.75, 3.05) is 45.2 Å². The molecule has 6 rings (SSSR count). The number of benzene rings is 2. The average molecular weight is 605 g/mol. The monoisotopic (exact) mass is 604 g/mol. The number of thioether (sulfide) groups is 1. The summed E-state index contributed by atoms with van der Waals surface area (Å²) in [5.41, 5.74) is 2.49. The van der Waals surface area contributed by atoms with Gasteiger partial charge in [0.1, 0.15) is 11.5 Å². The molecule has 0 radical (unpaired) electrons. The number of carbonyl (C=O) groups excluding carboxylic acids is 3. The first kappa shape index (κ1) is 29.5. The van der Waals surface area contributed by atoms with Gasteiger partial charge in [-0.3, -0.25) is 14.5 Å². The van der Waals surface area contributed by atoms with Gasteiger partial charge in [-0.25, -0.2) is 4.79 Å². The van der Waals surface area contributed by atoms with Crippen LogP contribution in [0.3, 0.4) is 0 Å². The van der Waals surface area contributed by atoms with Crippen molar-refractivity contribution in [2.45, 2.75) is 50.1 Å². The molecule has 4 aliphatic heterocycles. The van der Waals surface area contributed by atoms with E-state index in [-0.39, 0.29) is 41.2 Å². The fourth-order valence-electron chi connectivity index (χ4n) is 6.54. The third kappa shape index (κ3) is 6.25. The van der Waals surface area contributed by atoms with E-state index in [1.165, 1.54) is 11.8 Å². The number of anilines is 1. The van der Waals surface area contributed by atoms with Crippen molar-refractivity contribution in [2.24, 2.45) is 5.92 Å². The molecule has 11 heteroatoms. The first-order valence-electron chi connectivity index (χ1n) is 15.1. The zero-order chi connectivity index (χ0) is 30.1. The number of likely N-dealkylation sites (tertiary alicyclic amines) is 1. The van der Waals surface area contributed by atoms with E-state index in [9.17, 15) is 14.4 Å². The summed E-state index contributed by atoms with van der Waals surface area (Å²) in [4.78, 5) is 46.4. The van der Waals surface area contributed by atoms with Crippen LogP contribution in [-0.4, -0.2) is 85.4 Å². The molecule has 4 heterocycles. The van der Waals surface area contributed by atoms with Crippen molar-refractivity contribution in [3.8, 4) is 11.5 Å². The summed E-state index contributed by atoms with van der Waals surface area (Å²) in [5, 5.41) is 9.85. The van der Waals surface area contributed by atoms with Crippen LogP contribution < -0.4 is 25.6 Å². The predicted octanol–water partition coefficient (Wildman–Crippen LogP) is 3.64. The van der Waals surface area contributed by atoms with E-state index >= 15 is 0 Å².